The molecule has 0 saturated carbocycles. The van der Waals surface area contributed by atoms with Crippen molar-refractivity contribution >= 4 is 23.3 Å². The molecule has 0 aliphatic rings. The van der Waals surface area contributed by atoms with Gasteiger partial charge in [-0.2, -0.15) is 0 Å². The molecule has 0 bridgehead atoms. The molecule has 1 heterocycles. The summed E-state index contributed by atoms with van der Waals surface area (Å²) in [5, 5.41) is 10.6. The van der Waals surface area contributed by atoms with Crippen LogP contribution in [-0.4, -0.2) is 54.2 Å². The SMILES string of the molecule is CCN(C)CCN(CC)c1cc(C)nc(Oc2c(C)cc(Cl)cc2C)c1C(=O)O. The molecule has 0 atom stereocenters. The predicted octanol–water partition coefficient (Wildman–Crippen LogP) is 4.93. The van der Waals surface area contributed by atoms with E-state index in [2.05, 4.69) is 21.7 Å². The lowest BCUT2D eigenvalue weighted by Crippen LogP contribution is -2.34. The Labute approximate surface area is 178 Å². The fourth-order valence-electron chi connectivity index (χ4n) is 3.21. The molecule has 1 N–H and O–H groups in total. The van der Waals surface area contributed by atoms with Gasteiger partial charge in [-0.05, 0) is 70.6 Å². The second-order valence-corrected chi connectivity index (χ2v) is 7.65. The van der Waals surface area contributed by atoms with Gasteiger partial charge in [0, 0.05) is 30.4 Å². The summed E-state index contributed by atoms with van der Waals surface area (Å²) in [4.78, 5) is 20.9. The van der Waals surface area contributed by atoms with Crippen LogP contribution in [0.25, 0.3) is 0 Å². The molecule has 0 amide bonds. The summed E-state index contributed by atoms with van der Waals surface area (Å²) in [5.74, 6) is -0.382. The monoisotopic (exact) mass is 419 g/mol. The number of ether oxygens (including phenoxy) is 1. The lowest BCUT2D eigenvalue weighted by atomic mass is 10.1. The number of nitrogens with zero attached hydrogens (tertiary/aromatic N) is 3. The zero-order valence-corrected chi connectivity index (χ0v) is 18.8. The van der Waals surface area contributed by atoms with Gasteiger partial charge in [0.2, 0.25) is 5.88 Å². The van der Waals surface area contributed by atoms with E-state index in [9.17, 15) is 9.90 Å². The maximum atomic E-state index is 12.2. The van der Waals surface area contributed by atoms with Crippen molar-refractivity contribution in [2.24, 2.45) is 0 Å². The third-order valence-corrected chi connectivity index (χ3v) is 5.16. The molecule has 1 aromatic carbocycles. The fourth-order valence-corrected chi connectivity index (χ4v) is 3.53. The standard InChI is InChI=1S/C22H30ClN3O3/c1-7-25(6)9-10-26(8-2)18-13-16(5)24-21(19(18)22(27)28)29-20-14(3)11-17(23)12-15(20)4/h11-13H,7-10H2,1-6H3,(H,27,28). The van der Waals surface area contributed by atoms with E-state index in [4.69, 9.17) is 16.3 Å². The molecule has 29 heavy (non-hydrogen) atoms. The van der Waals surface area contributed by atoms with E-state index in [1.54, 1.807) is 12.1 Å². The Bertz CT molecular complexity index is 863. The smallest absolute Gasteiger partial charge is 0.343 e. The number of likely N-dealkylation sites (N-methyl/N-ethyl adjacent to an activating group) is 2. The first-order valence-corrected chi connectivity index (χ1v) is 10.2. The third-order valence-electron chi connectivity index (χ3n) is 4.95. The number of rotatable bonds is 9. The first-order chi connectivity index (χ1) is 13.7. The van der Waals surface area contributed by atoms with Crippen LogP contribution in [0.2, 0.25) is 5.02 Å². The second-order valence-electron chi connectivity index (χ2n) is 7.21. The van der Waals surface area contributed by atoms with Crippen LogP contribution in [0.1, 0.15) is 41.0 Å². The van der Waals surface area contributed by atoms with E-state index in [0.29, 0.717) is 35.2 Å². The Morgan fingerprint density at radius 2 is 1.72 bits per heavy atom. The van der Waals surface area contributed by atoms with Gasteiger partial charge in [-0.1, -0.05) is 18.5 Å². The number of pyridine rings is 1. The third kappa shape index (κ3) is 5.61. The Balaban J connectivity index is 2.53. The second kappa shape index (κ2) is 9.94. The highest BCUT2D eigenvalue weighted by atomic mass is 35.5. The number of halogens is 1. The Morgan fingerprint density at radius 1 is 1.10 bits per heavy atom. The van der Waals surface area contributed by atoms with Crippen LogP contribution in [0.4, 0.5) is 5.69 Å². The number of anilines is 1. The molecule has 7 heteroatoms. The molecule has 0 fully saturated rings. The number of aromatic nitrogens is 1. The van der Waals surface area contributed by atoms with E-state index >= 15 is 0 Å². The summed E-state index contributed by atoms with van der Waals surface area (Å²) >= 11 is 6.11. The van der Waals surface area contributed by atoms with Crippen LogP contribution in [0.5, 0.6) is 11.6 Å². The number of carboxylic acids is 1. The molecular formula is C22H30ClN3O3. The number of carbonyl (C=O) groups is 1. The van der Waals surface area contributed by atoms with Crippen LogP contribution < -0.4 is 9.64 Å². The molecule has 0 aliphatic carbocycles. The van der Waals surface area contributed by atoms with Crippen molar-refractivity contribution in [3.05, 3.63) is 45.6 Å². The van der Waals surface area contributed by atoms with Gasteiger partial charge >= 0.3 is 5.97 Å². The first-order valence-electron chi connectivity index (χ1n) is 9.80. The first kappa shape index (κ1) is 23.0. The van der Waals surface area contributed by atoms with Gasteiger partial charge in [-0.25, -0.2) is 9.78 Å². The lowest BCUT2D eigenvalue weighted by Gasteiger charge is -2.28. The average molecular weight is 420 g/mol. The number of benzene rings is 1. The van der Waals surface area contributed by atoms with E-state index in [1.165, 1.54) is 0 Å². The molecule has 1 aromatic heterocycles. The quantitative estimate of drug-likeness (QED) is 0.621. The van der Waals surface area contributed by atoms with Crippen LogP contribution in [0, 0.1) is 20.8 Å². The van der Waals surface area contributed by atoms with Gasteiger partial charge in [0.05, 0.1) is 5.69 Å². The van der Waals surface area contributed by atoms with Crippen molar-refractivity contribution in [1.82, 2.24) is 9.88 Å². The van der Waals surface area contributed by atoms with Gasteiger partial charge in [-0.3, -0.25) is 0 Å². The van der Waals surface area contributed by atoms with Gasteiger partial charge in [-0.15, -0.1) is 0 Å². The Kier molecular flexibility index (Phi) is 7.88. The highest BCUT2D eigenvalue weighted by Gasteiger charge is 2.24. The van der Waals surface area contributed by atoms with Crippen LogP contribution in [0.3, 0.4) is 0 Å². The lowest BCUT2D eigenvalue weighted by molar-refractivity contribution is 0.0694. The highest BCUT2D eigenvalue weighted by Crippen LogP contribution is 2.36. The molecule has 0 aliphatic heterocycles. The van der Waals surface area contributed by atoms with E-state index in [-0.39, 0.29) is 11.4 Å². The average Bonchev–Trinajstić information content (AvgIpc) is 2.64. The summed E-state index contributed by atoms with van der Waals surface area (Å²) in [7, 11) is 2.05. The van der Waals surface area contributed by atoms with Gasteiger partial charge < -0.3 is 19.6 Å². The zero-order valence-electron chi connectivity index (χ0n) is 18.0. The minimum atomic E-state index is -1.06. The van der Waals surface area contributed by atoms with Gasteiger partial charge in [0.25, 0.3) is 0 Å². The summed E-state index contributed by atoms with van der Waals surface area (Å²) in [5.41, 5.74) is 3.05. The molecule has 2 rings (SSSR count). The molecule has 0 saturated heterocycles. The molecule has 0 spiro atoms. The number of carboxylic acid groups (broad SMARTS) is 1. The Morgan fingerprint density at radius 3 is 2.24 bits per heavy atom. The summed E-state index contributed by atoms with van der Waals surface area (Å²) in [6.45, 7) is 12.9. The van der Waals surface area contributed by atoms with Crippen molar-refractivity contribution in [3.63, 3.8) is 0 Å². The summed E-state index contributed by atoms with van der Waals surface area (Å²) in [6.07, 6.45) is 0. The van der Waals surface area contributed by atoms with E-state index < -0.39 is 5.97 Å². The molecule has 158 valence electrons. The molecular weight excluding hydrogens is 390 g/mol. The summed E-state index contributed by atoms with van der Waals surface area (Å²) in [6, 6.07) is 5.40. The minimum Gasteiger partial charge on any atom is -0.477 e. The van der Waals surface area contributed by atoms with Crippen molar-refractivity contribution in [2.75, 3.05) is 38.1 Å². The maximum absolute atomic E-state index is 12.2. The van der Waals surface area contributed by atoms with Crippen LogP contribution in [0.15, 0.2) is 18.2 Å². The largest absolute Gasteiger partial charge is 0.477 e. The minimum absolute atomic E-state index is 0.0744. The number of aryl methyl sites for hydroxylation is 3. The van der Waals surface area contributed by atoms with Gasteiger partial charge in [0.15, 0.2) is 0 Å². The van der Waals surface area contributed by atoms with Crippen LogP contribution in [-0.2, 0) is 0 Å². The predicted molar refractivity (Wildman–Crippen MR) is 118 cm³/mol. The molecule has 6 nitrogen and oxygen atoms in total. The molecule has 0 unspecified atom stereocenters. The van der Waals surface area contributed by atoms with Crippen molar-refractivity contribution in [3.8, 4) is 11.6 Å². The van der Waals surface area contributed by atoms with Crippen molar-refractivity contribution in [2.45, 2.75) is 34.6 Å². The molecule has 2 aromatic rings. The zero-order chi connectivity index (χ0) is 21.7. The van der Waals surface area contributed by atoms with Crippen molar-refractivity contribution < 1.29 is 14.6 Å². The number of hydrogen-bond acceptors (Lipinski definition) is 5. The fraction of sp³-hybridized carbons (Fsp3) is 0.455. The van der Waals surface area contributed by atoms with Gasteiger partial charge in [0.1, 0.15) is 11.3 Å². The van der Waals surface area contributed by atoms with Crippen LogP contribution >= 0.6 is 11.6 Å². The molecule has 0 radical (unpaired) electrons. The van der Waals surface area contributed by atoms with Crippen molar-refractivity contribution in [1.29, 1.82) is 0 Å². The number of hydrogen-bond donors (Lipinski definition) is 1. The summed E-state index contributed by atoms with van der Waals surface area (Å²) < 4.78 is 6.06. The highest BCUT2D eigenvalue weighted by molar-refractivity contribution is 6.30. The van der Waals surface area contributed by atoms with E-state index in [0.717, 1.165) is 24.2 Å². The topological polar surface area (TPSA) is 65.9 Å². The normalized spacial score (nSPS) is 11.0. The maximum Gasteiger partial charge on any atom is 0.343 e. The number of aromatic carboxylic acids is 1. The Hall–Kier alpha value is -2.31. The van der Waals surface area contributed by atoms with E-state index in [1.807, 2.05) is 40.8 Å².